The van der Waals surface area contributed by atoms with Crippen LogP contribution < -0.4 is 10.2 Å². The molecule has 1 saturated carbocycles. The predicted octanol–water partition coefficient (Wildman–Crippen LogP) is 5.85. The van der Waals surface area contributed by atoms with Gasteiger partial charge in [-0.2, -0.15) is 5.10 Å². The van der Waals surface area contributed by atoms with E-state index in [1.807, 2.05) is 44.2 Å². The fourth-order valence-corrected chi connectivity index (χ4v) is 6.33. The summed E-state index contributed by atoms with van der Waals surface area (Å²) in [6, 6.07) is 11.9. The Hall–Kier alpha value is -3.24. The highest BCUT2D eigenvalue weighted by molar-refractivity contribution is 7.99. The molecule has 3 aromatic heterocycles. The molecule has 1 saturated heterocycles. The summed E-state index contributed by atoms with van der Waals surface area (Å²) in [5.41, 5.74) is 2.14. The van der Waals surface area contributed by atoms with Crippen molar-refractivity contribution in [2.45, 2.75) is 62.0 Å². The summed E-state index contributed by atoms with van der Waals surface area (Å²) < 4.78 is 14.9. The van der Waals surface area contributed by atoms with Crippen molar-refractivity contribution in [1.82, 2.24) is 30.0 Å². The van der Waals surface area contributed by atoms with E-state index in [0.29, 0.717) is 22.3 Å². The molecule has 0 atom stereocenters. The molecule has 8 nitrogen and oxygen atoms in total. The monoisotopic (exact) mass is 532 g/mol. The number of rotatable bonds is 6. The smallest absolute Gasteiger partial charge is 0.196 e. The Morgan fingerprint density at radius 3 is 2.50 bits per heavy atom. The zero-order chi connectivity index (χ0) is 26.1. The first-order chi connectivity index (χ1) is 18.5. The highest BCUT2D eigenvalue weighted by Gasteiger charge is 2.26. The van der Waals surface area contributed by atoms with E-state index in [2.05, 4.69) is 30.3 Å². The fraction of sp³-hybridized carbons (Fsp3) is 0.429. The maximum Gasteiger partial charge on any atom is 0.196 e. The third kappa shape index (κ3) is 5.61. The number of benzene rings is 1. The number of piperazine rings is 1. The number of halogens is 1. The van der Waals surface area contributed by atoms with E-state index in [4.69, 9.17) is 9.97 Å². The molecule has 1 aliphatic heterocycles. The highest BCUT2D eigenvalue weighted by atomic mass is 32.2. The van der Waals surface area contributed by atoms with Crippen LogP contribution in [0.1, 0.15) is 43.5 Å². The largest absolute Gasteiger partial charge is 0.354 e. The highest BCUT2D eigenvalue weighted by Crippen LogP contribution is 2.33. The number of hydrogen-bond acceptors (Lipinski definition) is 8. The summed E-state index contributed by atoms with van der Waals surface area (Å²) in [5.74, 6) is 1.90. The molecule has 10 heteroatoms. The third-order valence-corrected chi connectivity index (χ3v) is 8.29. The SMILES string of the molecule is Cc1ccc2cc(Sc3nc(Nc4cc(C)[nH]n4)cc(N4CCN(C5CCCCC5)CC4)n3)cc(F)c2n1. The number of hydrogen-bond donors (Lipinski definition) is 2. The number of aromatic nitrogens is 5. The van der Waals surface area contributed by atoms with E-state index >= 15 is 0 Å². The minimum atomic E-state index is -0.339. The molecule has 6 rings (SSSR count). The molecule has 4 aromatic rings. The van der Waals surface area contributed by atoms with Gasteiger partial charge in [0.2, 0.25) is 0 Å². The van der Waals surface area contributed by atoms with Gasteiger partial charge >= 0.3 is 0 Å². The van der Waals surface area contributed by atoms with Crippen LogP contribution >= 0.6 is 11.8 Å². The van der Waals surface area contributed by atoms with Gasteiger partial charge in [-0.05, 0) is 56.7 Å². The Labute approximate surface area is 226 Å². The molecule has 0 amide bonds. The predicted molar refractivity (Wildman–Crippen MR) is 150 cm³/mol. The second-order valence-corrected chi connectivity index (χ2v) is 11.3. The van der Waals surface area contributed by atoms with Gasteiger partial charge in [0, 0.05) is 66.0 Å². The number of pyridine rings is 1. The van der Waals surface area contributed by atoms with Crippen LogP contribution in [-0.2, 0) is 0 Å². The Balaban J connectivity index is 1.26. The number of nitrogens with zero attached hydrogens (tertiary/aromatic N) is 6. The quantitative estimate of drug-likeness (QED) is 0.299. The second-order valence-electron chi connectivity index (χ2n) is 10.3. The van der Waals surface area contributed by atoms with Crippen LogP contribution in [0.2, 0.25) is 0 Å². The van der Waals surface area contributed by atoms with Crippen molar-refractivity contribution in [2.24, 2.45) is 0 Å². The number of nitrogens with one attached hydrogen (secondary N) is 2. The lowest BCUT2D eigenvalue weighted by Gasteiger charge is -2.41. The van der Waals surface area contributed by atoms with E-state index in [9.17, 15) is 4.39 Å². The Bertz CT molecular complexity index is 1430. The number of aryl methyl sites for hydroxylation is 2. The van der Waals surface area contributed by atoms with Crippen molar-refractivity contribution in [3.63, 3.8) is 0 Å². The van der Waals surface area contributed by atoms with Crippen molar-refractivity contribution in [3.05, 3.63) is 53.6 Å². The van der Waals surface area contributed by atoms with Gasteiger partial charge in [0.25, 0.3) is 0 Å². The lowest BCUT2D eigenvalue weighted by Crippen LogP contribution is -2.51. The van der Waals surface area contributed by atoms with Crippen molar-refractivity contribution in [1.29, 1.82) is 0 Å². The van der Waals surface area contributed by atoms with E-state index in [-0.39, 0.29) is 5.82 Å². The normalized spacial score (nSPS) is 17.3. The molecule has 2 aliphatic rings. The van der Waals surface area contributed by atoms with Gasteiger partial charge in [-0.3, -0.25) is 15.0 Å². The van der Waals surface area contributed by atoms with Crippen LogP contribution in [0.25, 0.3) is 10.9 Å². The Morgan fingerprint density at radius 2 is 1.74 bits per heavy atom. The third-order valence-electron chi connectivity index (χ3n) is 7.45. The van der Waals surface area contributed by atoms with E-state index in [1.165, 1.54) is 49.9 Å². The van der Waals surface area contributed by atoms with Crippen LogP contribution in [0.4, 0.5) is 21.8 Å². The van der Waals surface area contributed by atoms with Crippen molar-refractivity contribution in [2.75, 3.05) is 36.4 Å². The summed E-state index contributed by atoms with van der Waals surface area (Å²) in [6.07, 6.45) is 6.72. The van der Waals surface area contributed by atoms with Crippen LogP contribution in [0, 0.1) is 19.7 Å². The van der Waals surface area contributed by atoms with Crippen molar-refractivity contribution >= 4 is 40.1 Å². The molecule has 0 unspecified atom stereocenters. The van der Waals surface area contributed by atoms with E-state index in [0.717, 1.165) is 59.7 Å². The average Bonchev–Trinajstić information content (AvgIpc) is 3.34. The molecule has 38 heavy (non-hydrogen) atoms. The molecular weight excluding hydrogens is 499 g/mol. The molecule has 1 aromatic carbocycles. The first-order valence-corrected chi connectivity index (χ1v) is 14.2. The summed E-state index contributed by atoms with van der Waals surface area (Å²) in [4.78, 5) is 19.7. The van der Waals surface area contributed by atoms with E-state index in [1.54, 1.807) is 0 Å². The minimum Gasteiger partial charge on any atom is -0.354 e. The standard InChI is InChI=1S/C28H33FN8S/c1-18-8-9-20-15-22(16-23(29)27(20)30-18)38-28-32-24(31-25-14-19(2)34-35-25)17-26(33-28)37-12-10-36(11-13-37)21-6-4-3-5-7-21/h8-9,14-17,21H,3-7,10-13H2,1-2H3,(H2,31,32,33,34,35). The lowest BCUT2D eigenvalue weighted by atomic mass is 9.94. The first-order valence-electron chi connectivity index (χ1n) is 13.4. The van der Waals surface area contributed by atoms with Crippen molar-refractivity contribution < 1.29 is 4.39 Å². The van der Waals surface area contributed by atoms with E-state index < -0.39 is 0 Å². The van der Waals surface area contributed by atoms with Crippen LogP contribution in [-0.4, -0.2) is 62.3 Å². The molecule has 198 valence electrons. The molecule has 2 N–H and O–H groups in total. The van der Waals surface area contributed by atoms with Gasteiger partial charge in [-0.25, -0.2) is 14.4 Å². The maximum atomic E-state index is 14.9. The number of aromatic amines is 1. The first kappa shape index (κ1) is 25.1. The lowest BCUT2D eigenvalue weighted by molar-refractivity contribution is 0.147. The summed E-state index contributed by atoms with van der Waals surface area (Å²) in [5, 5.41) is 11.9. The molecule has 0 bridgehead atoms. The van der Waals surface area contributed by atoms with Crippen LogP contribution in [0.3, 0.4) is 0 Å². The summed E-state index contributed by atoms with van der Waals surface area (Å²) in [7, 11) is 0. The Morgan fingerprint density at radius 1 is 0.921 bits per heavy atom. The minimum absolute atomic E-state index is 0.339. The van der Waals surface area contributed by atoms with Gasteiger partial charge in [-0.15, -0.1) is 0 Å². The van der Waals surface area contributed by atoms with Crippen molar-refractivity contribution in [3.8, 4) is 0 Å². The summed E-state index contributed by atoms with van der Waals surface area (Å²) in [6.45, 7) is 7.76. The molecule has 0 radical (unpaired) electrons. The van der Waals surface area contributed by atoms with Gasteiger partial charge in [0.1, 0.15) is 17.2 Å². The van der Waals surface area contributed by atoms with Gasteiger partial charge in [0.05, 0.1) is 0 Å². The molecule has 1 aliphatic carbocycles. The summed E-state index contributed by atoms with van der Waals surface area (Å²) >= 11 is 1.36. The van der Waals surface area contributed by atoms with Crippen LogP contribution in [0.5, 0.6) is 0 Å². The van der Waals surface area contributed by atoms with Gasteiger partial charge in [0.15, 0.2) is 16.8 Å². The van der Waals surface area contributed by atoms with Crippen LogP contribution in [0.15, 0.2) is 46.5 Å². The average molecular weight is 533 g/mol. The number of H-pyrrole nitrogens is 1. The number of anilines is 3. The zero-order valence-corrected chi connectivity index (χ0v) is 22.7. The molecule has 2 fully saturated rings. The topological polar surface area (TPSA) is 85.9 Å². The zero-order valence-electron chi connectivity index (χ0n) is 21.9. The molecule has 4 heterocycles. The maximum absolute atomic E-state index is 14.9. The number of fused-ring (bicyclic) bond motifs is 1. The van der Waals surface area contributed by atoms with Gasteiger partial charge in [-0.1, -0.05) is 25.3 Å². The second kappa shape index (κ2) is 10.9. The molecule has 0 spiro atoms. The molecular formula is C28H33FN8S. The fourth-order valence-electron chi connectivity index (χ4n) is 5.49. The van der Waals surface area contributed by atoms with Gasteiger partial charge < -0.3 is 10.2 Å². The Kier molecular flexibility index (Phi) is 7.16.